The van der Waals surface area contributed by atoms with Gasteiger partial charge >= 0.3 is 0 Å². The van der Waals surface area contributed by atoms with Gasteiger partial charge in [-0.1, -0.05) is 12.1 Å². The van der Waals surface area contributed by atoms with E-state index in [0.717, 1.165) is 0 Å². The van der Waals surface area contributed by atoms with Crippen LogP contribution in [0.3, 0.4) is 0 Å². The predicted octanol–water partition coefficient (Wildman–Crippen LogP) is 2.78. The Labute approximate surface area is 124 Å². The van der Waals surface area contributed by atoms with Crippen molar-refractivity contribution in [2.45, 2.75) is 18.7 Å². The SMILES string of the molecule is CCOc1ccccc1NS(=O)(=O)c1ccc(N)cc1C. The van der Waals surface area contributed by atoms with E-state index in [9.17, 15) is 8.42 Å². The molecule has 0 radical (unpaired) electrons. The fourth-order valence-corrected chi connectivity index (χ4v) is 3.30. The summed E-state index contributed by atoms with van der Waals surface area (Å²) in [4.78, 5) is 0.197. The van der Waals surface area contributed by atoms with E-state index in [1.807, 2.05) is 6.92 Å². The first-order valence-corrected chi connectivity index (χ1v) is 8.03. The molecule has 112 valence electrons. The molecule has 0 aliphatic carbocycles. The lowest BCUT2D eigenvalue weighted by molar-refractivity contribution is 0.342. The second kappa shape index (κ2) is 6.05. The number of nitrogens with two attached hydrogens (primary N) is 1. The number of nitrogens with one attached hydrogen (secondary N) is 1. The van der Waals surface area contributed by atoms with Gasteiger partial charge in [0, 0.05) is 5.69 Å². The molecule has 2 aromatic rings. The first-order valence-electron chi connectivity index (χ1n) is 6.55. The summed E-state index contributed by atoms with van der Waals surface area (Å²) >= 11 is 0. The maximum Gasteiger partial charge on any atom is 0.262 e. The van der Waals surface area contributed by atoms with Crippen LogP contribution in [0.15, 0.2) is 47.4 Å². The van der Waals surface area contributed by atoms with Gasteiger partial charge in [-0.25, -0.2) is 8.42 Å². The zero-order chi connectivity index (χ0) is 15.5. The van der Waals surface area contributed by atoms with Gasteiger partial charge in [0.05, 0.1) is 17.2 Å². The van der Waals surface area contributed by atoms with Crippen LogP contribution in [0.1, 0.15) is 12.5 Å². The van der Waals surface area contributed by atoms with E-state index in [-0.39, 0.29) is 4.90 Å². The Morgan fingerprint density at radius 1 is 1.19 bits per heavy atom. The number of para-hydroxylation sites is 2. The third-order valence-corrected chi connectivity index (χ3v) is 4.45. The monoisotopic (exact) mass is 306 g/mol. The summed E-state index contributed by atoms with van der Waals surface area (Å²) in [5.41, 5.74) is 7.19. The number of hydrogen-bond acceptors (Lipinski definition) is 4. The Kier molecular flexibility index (Phi) is 4.37. The van der Waals surface area contributed by atoms with Crippen LogP contribution in [0.4, 0.5) is 11.4 Å². The number of hydrogen-bond donors (Lipinski definition) is 2. The Balaban J connectivity index is 2.38. The molecule has 0 fully saturated rings. The first kappa shape index (κ1) is 15.2. The van der Waals surface area contributed by atoms with Crippen molar-refractivity contribution in [1.82, 2.24) is 0 Å². The summed E-state index contributed by atoms with van der Waals surface area (Å²) in [6.45, 7) is 4.01. The van der Waals surface area contributed by atoms with Crippen LogP contribution in [0.25, 0.3) is 0 Å². The molecule has 0 heterocycles. The lowest BCUT2D eigenvalue weighted by Gasteiger charge is -2.14. The fraction of sp³-hybridized carbons (Fsp3) is 0.200. The Morgan fingerprint density at radius 2 is 1.90 bits per heavy atom. The molecule has 5 nitrogen and oxygen atoms in total. The lowest BCUT2D eigenvalue weighted by Crippen LogP contribution is -2.15. The van der Waals surface area contributed by atoms with Gasteiger partial charge < -0.3 is 10.5 Å². The van der Waals surface area contributed by atoms with Crippen LogP contribution in [0.2, 0.25) is 0 Å². The van der Waals surface area contributed by atoms with E-state index in [1.165, 1.54) is 6.07 Å². The second-order valence-corrected chi connectivity index (χ2v) is 6.21. The summed E-state index contributed by atoms with van der Waals surface area (Å²) in [5.74, 6) is 0.497. The van der Waals surface area contributed by atoms with Crippen molar-refractivity contribution < 1.29 is 13.2 Å². The minimum absolute atomic E-state index is 0.197. The summed E-state index contributed by atoms with van der Waals surface area (Å²) in [7, 11) is -3.69. The highest BCUT2D eigenvalue weighted by Crippen LogP contribution is 2.27. The molecule has 0 aromatic heterocycles. The van der Waals surface area contributed by atoms with Crippen molar-refractivity contribution in [2.24, 2.45) is 0 Å². The number of rotatable bonds is 5. The third kappa shape index (κ3) is 3.46. The molecular formula is C15H18N2O3S. The van der Waals surface area contributed by atoms with Crippen molar-refractivity contribution in [2.75, 3.05) is 17.1 Å². The molecule has 0 aliphatic rings. The number of nitrogen functional groups attached to an aromatic ring is 1. The van der Waals surface area contributed by atoms with Crippen LogP contribution < -0.4 is 15.2 Å². The quantitative estimate of drug-likeness (QED) is 0.832. The maximum absolute atomic E-state index is 12.5. The van der Waals surface area contributed by atoms with Gasteiger partial charge in [0.1, 0.15) is 5.75 Å². The van der Waals surface area contributed by atoms with Crippen LogP contribution in [-0.4, -0.2) is 15.0 Å². The third-order valence-electron chi connectivity index (χ3n) is 2.92. The van der Waals surface area contributed by atoms with E-state index in [4.69, 9.17) is 10.5 Å². The van der Waals surface area contributed by atoms with Crippen LogP contribution in [-0.2, 0) is 10.0 Å². The Bertz CT molecular complexity index is 742. The number of benzene rings is 2. The van der Waals surface area contributed by atoms with Crippen molar-refractivity contribution in [3.05, 3.63) is 48.0 Å². The largest absolute Gasteiger partial charge is 0.492 e. The van der Waals surface area contributed by atoms with E-state index in [1.54, 1.807) is 43.3 Å². The highest BCUT2D eigenvalue weighted by molar-refractivity contribution is 7.92. The minimum atomic E-state index is -3.69. The van der Waals surface area contributed by atoms with Gasteiger partial charge in [0.2, 0.25) is 0 Å². The van der Waals surface area contributed by atoms with Gasteiger partial charge in [-0.15, -0.1) is 0 Å². The molecule has 21 heavy (non-hydrogen) atoms. The highest BCUT2D eigenvalue weighted by atomic mass is 32.2. The average Bonchev–Trinajstić information content (AvgIpc) is 2.40. The van der Waals surface area contributed by atoms with Crippen molar-refractivity contribution in [3.63, 3.8) is 0 Å². The second-order valence-electron chi connectivity index (χ2n) is 4.56. The molecule has 2 rings (SSSR count). The Morgan fingerprint density at radius 3 is 2.57 bits per heavy atom. The van der Waals surface area contributed by atoms with Crippen LogP contribution in [0, 0.1) is 6.92 Å². The van der Waals surface area contributed by atoms with Gasteiger partial charge in [0.15, 0.2) is 0 Å². The lowest BCUT2D eigenvalue weighted by atomic mass is 10.2. The summed E-state index contributed by atoms with van der Waals surface area (Å²) < 4.78 is 32.9. The van der Waals surface area contributed by atoms with Crippen LogP contribution >= 0.6 is 0 Å². The first-order chi connectivity index (χ1) is 9.94. The fourth-order valence-electron chi connectivity index (χ4n) is 2.01. The normalized spacial score (nSPS) is 11.1. The molecule has 0 aliphatic heterocycles. The number of sulfonamides is 1. The zero-order valence-electron chi connectivity index (χ0n) is 12.0. The zero-order valence-corrected chi connectivity index (χ0v) is 12.8. The molecule has 0 saturated carbocycles. The van der Waals surface area contributed by atoms with Gasteiger partial charge in [-0.05, 0) is 49.7 Å². The van der Waals surface area contributed by atoms with Crippen molar-refractivity contribution in [3.8, 4) is 5.75 Å². The Hall–Kier alpha value is -2.21. The molecule has 0 unspecified atom stereocenters. The smallest absolute Gasteiger partial charge is 0.262 e. The molecule has 0 spiro atoms. The van der Waals surface area contributed by atoms with Crippen molar-refractivity contribution >= 4 is 21.4 Å². The molecule has 0 bridgehead atoms. The van der Waals surface area contributed by atoms with Crippen molar-refractivity contribution in [1.29, 1.82) is 0 Å². The number of aryl methyl sites for hydroxylation is 1. The number of ether oxygens (including phenoxy) is 1. The van der Waals surface area contributed by atoms with E-state index in [0.29, 0.717) is 29.3 Å². The molecule has 0 atom stereocenters. The molecule has 2 aromatic carbocycles. The summed E-state index contributed by atoms with van der Waals surface area (Å²) in [6.07, 6.45) is 0. The average molecular weight is 306 g/mol. The predicted molar refractivity (Wildman–Crippen MR) is 84.0 cm³/mol. The van der Waals surface area contributed by atoms with E-state index in [2.05, 4.69) is 4.72 Å². The molecular weight excluding hydrogens is 288 g/mol. The van der Waals surface area contributed by atoms with Gasteiger partial charge in [-0.2, -0.15) is 0 Å². The minimum Gasteiger partial charge on any atom is -0.492 e. The summed E-state index contributed by atoms with van der Waals surface area (Å²) in [5, 5.41) is 0. The van der Waals surface area contributed by atoms with E-state index < -0.39 is 10.0 Å². The molecule has 6 heteroatoms. The highest BCUT2D eigenvalue weighted by Gasteiger charge is 2.18. The van der Waals surface area contributed by atoms with Gasteiger partial charge in [0.25, 0.3) is 10.0 Å². The molecule has 0 saturated heterocycles. The topological polar surface area (TPSA) is 81.4 Å². The standard InChI is InChI=1S/C15H18N2O3S/c1-3-20-14-7-5-4-6-13(14)17-21(18,19)15-9-8-12(16)10-11(15)2/h4-10,17H,3,16H2,1-2H3. The number of anilines is 2. The molecule has 0 amide bonds. The maximum atomic E-state index is 12.5. The summed E-state index contributed by atoms with van der Waals surface area (Å²) in [6, 6.07) is 11.6. The molecule has 3 N–H and O–H groups in total. The van der Waals surface area contributed by atoms with E-state index >= 15 is 0 Å². The van der Waals surface area contributed by atoms with Gasteiger partial charge in [-0.3, -0.25) is 4.72 Å². The van der Waals surface area contributed by atoms with Crippen LogP contribution in [0.5, 0.6) is 5.75 Å².